The molecular formula is C14H22O8. The molecule has 2 aliphatic heterocycles. The lowest BCUT2D eigenvalue weighted by molar-refractivity contribution is -0.175. The summed E-state index contributed by atoms with van der Waals surface area (Å²) in [6.07, 6.45) is -3.86. The molecule has 0 saturated carbocycles. The highest BCUT2D eigenvalue weighted by Crippen LogP contribution is 2.37. The number of hydrogen-bond donors (Lipinski definition) is 2. The number of hydrogen-bond acceptors (Lipinski definition) is 7. The molecule has 0 bridgehead atoms. The van der Waals surface area contributed by atoms with Crippen LogP contribution < -0.4 is 0 Å². The van der Waals surface area contributed by atoms with Crippen LogP contribution in [0.25, 0.3) is 0 Å². The van der Waals surface area contributed by atoms with Crippen LogP contribution in [0.15, 0.2) is 0 Å². The lowest BCUT2D eigenvalue weighted by Gasteiger charge is -2.25. The second-order valence-electron chi connectivity index (χ2n) is 6.43. The summed E-state index contributed by atoms with van der Waals surface area (Å²) < 4.78 is 22.6. The highest BCUT2D eigenvalue weighted by molar-refractivity contribution is 6.32. The lowest BCUT2D eigenvalue weighted by Crippen LogP contribution is -2.45. The molecule has 0 aromatic rings. The second kappa shape index (κ2) is 5.86. The van der Waals surface area contributed by atoms with Crippen LogP contribution >= 0.6 is 0 Å². The van der Waals surface area contributed by atoms with Crippen molar-refractivity contribution in [3.63, 3.8) is 0 Å². The van der Waals surface area contributed by atoms with E-state index >= 15 is 0 Å². The van der Waals surface area contributed by atoms with Crippen LogP contribution in [0.1, 0.15) is 34.1 Å². The molecule has 0 radical (unpaired) electrons. The summed E-state index contributed by atoms with van der Waals surface area (Å²) in [6, 6.07) is 0. The number of aliphatic hydroxyl groups is 1. The maximum Gasteiger partial charge on any atom is 0.372 e. The van der Waals surface area contributed by atoms with Gasteiger partial charge in [-0.15, -0.1) is 0 Å². The van der Waals surface area contributed by atoms with E-state index in [1.165, 1.54) is 0 Å². The lowest BCUT2D eigenvalue weighted by atomic mass is 9.99. The molecule has 0 aromatic carbocycles. The molecule has 2 saturated heterocycles. The van der Waals surface area contributed by atoms with Crippen LogP contribution in [0, 0.1) is 0 Å². The van der Waals surface area contributed by atoms with Gasteiger partial charge < -0.3 is 29.2 Å². The van der Waals surface area contributed by atoms with Gasteiger partial charge in [0.05, 0.1) is 12.7 Å². The van der Waals surface area contributed by atoms with Gasteiger partial charge in [-0.2, -0.15) is 0 Å². The highest BCUT2D eigenvalue weighted by Gasteiger charge is 2.52. The van der Waals surface area contributed by atoms with Gasteiger partial charge in [-0.3, -0.25) is 4.79 Å². The number of ketones is 1. The van der Waals surface area contributed by atoms with E-state index in [2.05, 4.69) is 0 Å². The third kappa shape index (κ3) is 3.82. The van der Waals surface area contributed by atoms with Gasteiger partial charge in [0, 0.05) is 6.42 Å². The van der Waals surface area contributed by atoms with Crippen molar-refractivity contribution in [1.29, 1.82) is 0 Å². The van der Waals surface area contributed by atoms with E-state index in [1.54, 1.807) is 27.7 Å². The van der Waals surface area contributed by atoms with Crippen molar-refractivity contribution in [3.8, 4) is 0 Å². The summed E-state index contributed by atoms with van der Waals surface area (Å²) in [5.41, 5.74) is 0. The maximum atomic E-state index is 11.3. The van der Waals surface area contributed by atoms with Crippen LogP contribution in [0.5, 0.6) is 0 Å². The van der Waals surface area contributed by atoms with E-state index in [0.717, 1.165) is 0 Å². The van der Waals surface area contributed by atoms with E-state index in [1.807, 2.05) is 0 Å². The Bertz CT molecular complexity index is 458. The monoisotopic (exact) mass is 318 g/mol. The van der Waals surface area contributed by atoms with Crippen LogP contribution in [0.4, 0.5) is 0 Å². The van der Waals surface area contributed by atoms with Gasteiger partial charge in [-0.1, -0.05) is 0 Å². The van der Waals surface area contributed by atoms with Crippen molar-refractivity contribution in [3.05, 3.63) is 0 Å². The van der Waals surface area contributed by atoms with Crippen molar-refractivity contribution in [2.24, 2.45) is 0 Å². The molecule has 0 aliphatic carbocycles. The number of carbonyl (C=O) groups is 2. The topological polar surface area (TPSA) is 112 Å². The van der Waals surface area contributed by atoms with E-state index in [9.17, 15) is 14.7 Å². The zero-order chi connectivity index (χ0) is 16.7. The smallest absolute Gasteiger partial charge is 0.372 e. The first-order valence-corrected chi connectivity index (χ1v) is 7.12. The number of ether oxygens (including phenoxy) is 4. The molecule has 2 aliphatic rings. The fourth-order valence-corrected chi connectivity index (χ4v) is 2.67. The summed E-state index contributed by atoms with van der Waals surface area (Å²) in [6.45, 7) is 7.12. The van der Waals surface area contributed by atoms with Gasteiger partial charge in [-0.05, 0) is 27.7 Å². The van der Waals surface area contributed by atoms with Gasteiger partial charge in [0.1, 0.15) is 18.3 Å². The average molecular weight is 318 g/mol. The molecule has 0 unspecified atom stereocenters. The Hall–Kier alpha value is -1.06. The van der Waals surface area contributed by atoms with Gasteiger partial charge >= 0.3 is 5.97 Å². The zero-order valence-corrected chi connectivity index (χ0v) is 13.1. The number of carboxylic acids is 1. The highest BCUT2D eigenvalue weighted by atomic mass is 16.8. The normalized spacial score (nSPS) is 34.5. The first-order chi connectivity index (χ1) is 10.0. The van der Waals surface area contributed by atoms with Crippen LogP contribution in [0.3, 0.4) is 0 Å². The zero-order valence-electron chi connectivity index (χ0n) is 13.1. The Morgan fingerprint density at radius 2 is 1.77 bits per heavy atom. The number of aliphatic hydroxyl groups excluding tert-OH is 1. The van der Waals surface area contributed by atoms with Gasteiger partial charge in [0.2, 0.25) is 5.78 Å². The molecule has 8 nitrogen and oxygen atoms in total. The number of aliphatic carboxylic acids is 1. The van der Waals surface area contributed by atoms with Crippen LogP contribution in [-0.4, -0.2) is 64.6 Å². The Balaban J connectivity index is 2.10. The molecular weight excluding hydrogens is 296 g/mol. The second-order valence-corrected chi connectivity index (χ2v) is 6.43. The molecule has 2 rings (SSSR count). The molecule has 0 spiro atoms. The van der Waals surface area contributed by atoms with Crippen molar-refractivity contribution in [2.45, 2.75) is 70.1 Å². The summed E-state index contributed by atoms with van der Waals surface area (Å²) in [5.74, 6) is -4.41. The molecule has 22 heavy (non-hydrogen) atoms. The Labute approximate surface area is 128 Å². The van der Waals surface area contributed by atoms with Crippen molar-refractivity contribution < 1.29 is 38.7 Å². The van der Waals surface area contributed by atoms with Crippen molar-refractivity contribution >= 4 is 11.8 Å². The quantitative estimate of drug-likeness (QED) is 0.685. The third-order valence-electron chi connectivity index (χ3n) is 3.57. The number of rotatable bonds is 5. The molecule has 4 atom stereocenters. The Morgan fingerprint density at radius 3 is 2.27 bits per heavy atom. The summed E-state index contributed by atoms with van der Waals surface area (Å²) in [5, 5.41) is 18.8. The van der Waals surface area contributed by atoms with Gasteiger partial charge in [0.15, 0.2) is 11.6 Å². The Morgan fingerprint density at radius 1 is 1.14 bits per heavy atom. The van der Waals surface area contributed by atoms with Crippen molar-refractivity contribution in [2.75, 3.05) is 6.61 Å². The molecule has 2 fully saturated rings. The molecule has 2 heterocycles. The van der Waals surface area contributed by atoms with E-state index in [0.29, 0.717) is 0 Å². The maximum absolute atomic E-state index is 11.3. The third-order valence-corrected chi connectivity index (χ3v) is 3.57. The Kier molecular flexibility index (Phi) is 4.61. The summed E-state index contributed by atoms with van der Waals surface area (Å²) in [4.78, 5) is 21.9. The summed E-state index contributed by atoms with van der Waals surface area (Å²) >= 11 is 0. The molecule has 8 heteroatoms. The fourth-order valence-electron chi connectivity index (χ4n) is 2.67. The van der Waals surface area contributed by atoms with Gasteiger partial charge in [-0.25, -0.2) is 4.79 Å². The average Bonchev–Trinajstić information content (AvgIpc) is 2.88. The SMILES string of the molecule is CC1(C)O[C@@H]([C@@H](O)CC(=O)C(=O)O)[C@H]([C@H]2COC(C)(C)O2)O1. The molecule has 0 amide bonds. The fraction of sp³-hybridized carbons (Fsp3) is 0.857. The van der Waals surface area contributed by atoms with Crippen molar-refractivity contribution in [1.82, 2.24) is 0 Å². The van der Waals surface area contributed by atoms with Gasteiger partial charge in [0.25, 0.3) is 0 Å². The minimum Gasteiger partial charge on any atom is -0.475 e. The number of carbonyl (C=O) groups excluding carboxylic acids is 1. The number of Topliss-reactive ketones (excluding diaryl/α,β-unsaturated/α-hetero) is 1. The first-order valence-electron chi connectivity index (χ1n) is 7.12. The summed E-state index contributed by atoms with van der Waals surface area (Å²) in [7, 11) is 0. The van der Waals surface area contributed by atoms with E-state index < -0.39 is 54.2 Å². The minimum absolute atomic E-state index is 0.257. The van der Waals surface area contributed by atoms with E-state index in [-0.39, 0.29) is 6.61 Å². The molecule has 2 N–H and O–H groups in total. The predicted molar refractivity (Wildman–Crippen MR) is 72.0 cm³/mol. The first kappa shape index (κ1) is 17.3. The standard InChI is InChI=1S/C14H22O8/c1-13(2)19-6-9(20-13)11-10(21-14(3,4)22-11)7(15)5-8(16)12(17)18/h7,9-11,15H,5-6H2,1-4H3,(H,17,18)/t7-,9+,10-,11-/m0/s1. The largest absolute Gasteiger partial charge is 0.475 e. The van der Waals surface area contributed by atoms with Crippen LogP contribution in [-0.2, 0) is 28.5 Å². The molecule has 126 valence electrons. The number of carboxylic acid groups (broad SMARTS) is 1. The predicted octanol–water partition coefficient (Wildman–Crippen LogP) is 0.0627. The van der Waals surface area contributed by atoms with E-state index in [4.69, 9.17) is 24.1 Å². The minimum atomic E-state index is -1.59. The van der Waals surface area contributed by atoms with Crippen LogP contribution in [0.2, 0.25) is 0 Å². The molecule has 0 aromatic heterocycles.